The molecule has 1 heterocycles. The molecule has 0 aliphatic carbocycles. The van der Waals surface area contributed by atoms with Crippen molar-refractivity contribution in [1.82, 2.24) is 0 Å². The molecule has 16 heavy (non-hydrogen) atoms. The number of halogens is 2. The van der Waals surface area contributed by atoms with Crippen molar-refractivity contribution in [3.05, 3.63) is 34.3 Å². The molecule has 1 aliphatic heterocycles. The highest BCUT2D eigenvalue weighted by molar-refractivity contribution is 9.11. The summed E-state index contributed by atoms with van der Waals surface area (Å²) in [6.45, 7) is 4.15. The van der Waals surface area contributed by atoms with Gasteiger partial charge < -0.3 is 9.47 Å². The molecule has 1 aromatic rings. The standard InChI is InChI=1S/C12H12BrFO2/c1-12(2)15-7-9-4-3-8(10(14)6-13)5-11(9)16-12/h3-6H,7H2,1-2H3. The summed E-state index contributed by atoms with van der Waals surface area (Å²) in [5.41, 5.74) is 1.43. The van der Waals surface area contributed by atoms with Crippen LogP contribution in [0.1, 0.15) is 25.0 Å². The summed E-state index contributed by atoms with van der Waals surface area (Å²) < 4.78 is 24.5. The maximum Gasteiger partial charge on any atom is 0.205 e. The van der Waals surface area contributed by atoms with E-state index < -0.39 is 5.79 Å². The van der Waals surface area contributed by atoms with Crippen molar-refractivity contribution in [1.29, 1.82) is 0 Å². The number of hydrogen-bond donors (Lipinski definition) is 0. The first-order valence-electron chi connectivity index (χ1n) is 4.94. The maximum atomic E-state index is 13.4. The molecule has 0 amide bonds. The van der Waals surface area contributed by atoms with E-state index in [1.807, 2.05) is 19.9 Å². The van der Waals surface area contributed by atoms with E-state index in [1.54, 1.807) is 12.1 Å². The average molecular weight is 287 g/mol. The molecule has 0 unspecified atom stereocenters. The summed E-state index contributed by atoms with van der Waals surface area (Å²) in [6.07, 6.45) is 0. The van der Waals surface area contributed by atoms with E-state index in [0.717, 1.165) is 5.56 Å². The third kappa shape index (κ3) is 2.28. The van der Waals surface area contributed by atoms with Gasteiger partial charge in [0, 0.05) is 30.0 Å². The van der Waals surface area contributed by atoms with Crippen LogP contribution in [-0.4, -0.2) is 5.79 Å². The first-order chi connectivity index (χ1) is 7.52. The highest BCUT2D eigenvalue weighted by Gasteiger charge is 2.27. The topological polar surface area (TPSA) is 18.5 Å². The molecule has 0 fully saturated rings. The van der Waals surface area contributed by atoms with Gasteiger partial charge in [0.2, 0.25) is 5.79 Å². The Morgan fingerprint density at radius 1 is 1.50 bits per heavy atom. The van der Waals surface area contributed by atoms with Gasteiger partial charge in [-0.05, 0) is 6.07 Å². The molecule has 2 nitrogen and oxygen atoms in total. The quantitative estimate of drug-likeness (QED) is 0.777. The first-order valence-corrected chi connectivity index (χ1v) is 5.85. The van der Waals surface area contributed by atoms with Gasteiger partial charge in [-0.25, -0.2) is 4.39 Å². The van der Waals surface area contributed by atoms with Crippen molar-refractivity contribution in [2.24, 2.45) is 0 Å². The third-order valence-electron chi connectivity index (χ3n) is 2.37. The molecular formula is C12H12BrFO2. The molecule has 1 aliphatic rings. The Bertz CT molecular complexity index is 441. The summed E-state index contributed by atoms with van der Waals surface area (Å²) in [5, 5.41) is 0. The number of fused-ring (bicyclic) bond motifs is 1. The minimum atomic E-state index is -0.653. The molecule has 0 radical (unpaired) electrons. The predicted molar refractivity (Wildman–Crippen MR) is 64.0 cm³/mol. The maximum absolute atomic E-state index is 13.4. The van der Waals surface area contributed by atoms with Crippen LogP contribution < -0.4 is 4.74 Å². The third-order valence-corrected chi connectivity index (χ3v) is 2.77. The zero-order valence-corrected chi connectivity index (χ0v) is 10.7. The lowest BCUT2D eigenvalue weighted by Crippen LogP contribution is -2.35. The van der Waals surface area contributed by atoms with Crippen molar-refractivity contribution in [2.75, 3.05) is 0 Å². The lowest BCUT2D eigenvalue weighted by molar-refractivity contribution is -0.180. The molecule has 0 aromatic heterocycles. The molecule has 2 rings (SSSR count). The van der Waals surface area contributed by atoms with E-state index in [2.05, 4.69) is 15.9 Å². The minimum absolute atomic E-state index is 0.323. The van der Waals surface area contributed by atoms with Crippen LogP contribution in [0.5, 0.6) is 5.75 Å². The Labute approximate surface area is 102 Å². The van der Waals surface area contributed by atoms with Crippen molar-refractivity contribution < 1.29 is 13.9 Å². The number of benzene rings is 1. The predicted octanol–water partition coefficient (Wildman–Crippen LogP) is 3.99. The van der Waals surface area contributed by atoms with Gasteiger partial charge in [-0.2, -0.15) is 0 Å². The van der Waals surface area contributed by atoms with Crippen LogP contribution in [0.2, 0.25) is 0 Å². The summed E-state index contributed by atoms with van der Waals surface area (Å²) in [4.78, 5) is 1.25. The van der Waals surface area contributed by atoms with Gasteiger partial charge in [0.05, 0.1) is 6.61 Å². The lowest BCUT2D eigenvalue weighted by atomic mass is 10.1. The zero-order valence-electron chi connectivity index (χ0n) is 9.09. The van der Waals surface area contributed by atoms with Crippen molar-refractivity contribution in [2.45, 2.75) is 26.2 Å². The number of ether oxygens (including phenoxy) is 2. The number of hydrogen-bond acceptors (Lipinski definition) is 2. The second kappa shape index (κ2) is 4.18. The Balaban J connectivity index is 2.38. The normalized spacial score (nSPS) is 18.9. The fraction of sp³-hybridized carbons (Fsp3) is 0.333. The van der Waals surface area contributed by atoms with Crippen molar-refractivity contribution >= 4 is 21.8 Å². The SMILES string of the molecule is CC1(C)OCc2ccc(C(F)=CBr)cc2O1. The highest BCUT2D eigenvalue weighted by Crippen LogP contribution is 2.33. The lowest BCUT2D eigenvalue weighted by Gasteiger charge is -2.32. The van der Waals surface area contributed by atoms with Crippen LogP contribution in [-0.2, 0) is 11.3 Å². The van der Waals surface area contributed by atoms with Gasteiger partial charge in [0.15, 0.2) is 0 Å². The molecule has 0 atom stereocenters. The van der Waals surface area contributed by atoms with Crippen LogP contribution in [0.3, 0.4) is 0 Å². The van der Waals surface area contributed by atoms with E-state index in [1.165, 1.54) is 4.99 Å². The molecule has 0 N–H and O–H groups in total. The zero-order chi connectivity index (χ0) is 11.8. The van der Waals surface area contributed by atoms with Crippen LogP contribution in [0.4, 0.5) is 4.39 Å². The van der Waals surface area contributed by atoms with Gasteiger partial charge >= 0.3 is 0 Å². The fourth-order valence-corrected chi connectivity index (χ4v) is 1.79. The molecule has 86 valence electrons. The Hall–Kier alpha value is -0.870. The molecule has 0 saturated carbocycles. The molecule has 0 spiro atoms. The Kier molecular flexibility index (Phi) is 3.04. The van der Waals surface area contributed by atoms with E-state index in [4.69, 9.17) is 9.47 Å². The first kappa shape index (κ1) is 11.6. The van der Waals surface area contributed by atoms with Crippen molar-refractivity contribution in [3.8, 4) is 5.75 Å². The van der Waals surface area contributed by atoms with Crippen LogP contribution >= 0.6 is 15.9 Å². The van der Waals surface area contributed by atoms with Crippen LogP contribution in [0, 0.1) is 0 Å². The van der Waals surface area contributed by atoms with E-state index in [-0.39, 0.29) is 5.83 Å². The smallest absolute Gasteiger partial charge is 0.205 e. The molecule has 0 saturated heterocycles. The Morgan fingerprint density at radius 2 is 2.25 bits per heavy atom. The monoisotopic (exact) mass is 286 g/mol. The van der Waals surface area contributed by atoms with E-state index >= 15 is 0 Å². The van der Waals surface area contributed by atoms with Crippen LogP contribution in [0.15, 0.2) is 23.2 Å². The van der Waals surface area contributed by atoms with E-state index in [0.29, 0.717) is 17.9 Å². The molecule has 1 aromatic carbocycles. The average Bonchev–Trinajstić information content (AvgIpc) is 2.25. The van der Waals surface area contributed by atoms with E-state index in [9.17, 15) is 4.39 Å². The van der Waals surface area contributed by atoms with Crippen LogP contribution in [0.25, 0.3) is 5.83 Å². The number of rotatable bonds is 1. The largest absolute Gasteiger partial charge is 0.463 e. The highest BCUT2D eigenvalue weighted by atomic mass is 79.9. The van der Waals surface area contributed by atoms with Gasteiger partial charge in [-0.3, -0.25) is 0 Å². The van der Waals surface area contributed by atoms with Gasteiger partial charge in [-0.1, -0.05) is 28.1 Å². The fourth-order valence-electron chi connectivity index (χ4n) is 1.53. The summed E-state index contributed by atoms with van der Waals surface area (Å²) >= 11 is 2.97. The second-order valence-electron chi connectivity index (χ2n) is 4.07. The van der Waals surface area contributed by atoms with Gasteiger partial charge in [0.25, 0.3) is 0 Å². The minimum Gasteiger partial charge on any atom is -0.463 e. The van der Waals surface area contributed by atoms with Crippen molar-refractivity contribution in [3.63, 3.8) is 0 Å². The van der Waals surface area contributed by atoms with Gasteiger partial charge in [-0.15, -0.1) is 0 Å². The molecule has 0 bridgehead atoms. The molecule has 4 heteroatoms. The summed E-state index contributed by atoms with van der Waals surface area (Å²) in [6, 6.07) is 5.21. The summed E-state index contributed by atoms with van der Waals surface area (Å²) in [7, 11) is 0. The second-order valence-corrected chi connectivity index (χ2v) is 4.53. The summed E-state index contributed by atoms with van der Waals surface area (Å²) in [5.74, 6) is -0.297. The molecular weight excluding hydrogens is 275 g/mol. The van der Waals surface area contributed by atoms with Gasteiger partial charge in [0.1, 0.15) is 11.6 Å². The Morgan fingerprint density at radius 3 is 2.94 bits per heavy atom.